The normalized spacial score (nSPS) is 25.8. The lowest BCUT2D eigenvalue weighted by atomic mass is 9.86. The summed E-state index contributed by atoms with van der Waals surface area (Å²) in [6, 6.07) is 5.14. The van der Waals surface area contributed by atoms with Crippen molar-refractivity contribution >= 4 is 17.3 Å². The van der Waals surface area contributed by atoms with Crippen molar-refractivity contribution in [2.24, 2.45) is 5.92 Å². The molecule has 0 atom stereocenters. The van der Waals surface area contributed by atoms with Gasteiger partial charge in [-0.2, -0.15) is 0 Å². The van der Waals surface area contributed by atoms with Gasteiger partial charge < -0.3 is 14.6 Å². The Hall–Kier alpha value is -1.03. The third-order valence-electron chi connectivity index (χ3n) is 6.03. The molecule has 0 aromatic carbocycles. The quantitative estimate of drug-likeness (QED) is 0.701. The standard InChI is InChI=1S/C21H34N2OS/c1-17-11-13-19(14-12-17)23(16-20-10-7-15-24-20)21(25)22-18-8-5-3-2-4-6-9-18/h7,10,15,17-19H,2-6,8-9,11-14,16H2,1H3,(H,22,25). The summed E-state index contributed by atoms with van der Waals surface area (Å²) >= 11 is 5.89. The summed E-state index contributed by atoms with van der Waals surface area (Å²) in [6.45, 7) is 3.17. The predicted molar refractivity (Wildman–Crippen MR) is 108 cm³/mol. The van der Waals surface area contributed by atoms with Crippen LogP contribution in [0.3, 0.4) is 0 Å². The third-order valence-corrected chi connectivity index (χ3v) is 6.38. The fourth-order valence-electron chi connectivity index (χ4n) is 4.35. The maximum absolute atomic E-state index is 5.89. The van der Waals surface area contributed by atoms with Gasteiger partial charge in [-0.05, 0) is 68.8 Å². The zero-order valence-corrected chi connectivity index (χ0v) is 16.5. The number of hydrogen-bond acceptors (Lipinski definition) is 2. The highest BCUT2D eigenvalue weighted by molar-refractivity contribution is 7.80. The van der Waals surface area contributed by atoms with E-state index in [0.29, 0.717) is 12.1 Å². The van der Waals surface area contributed by atoms with Crippen molar-refractivity contribution in [3.63, 3.8) is 0 Å². The van der Waals surface area contributed by atoms with E-state index in [1.807, 2.05) is 6.07 Å². The topological polar surface area (TPSA) is 28.4 Å². The highest BCUT2D eigenvalue weighted by atomic mass is 32.1. The highest BCUT2D eigenvalue weighted by Gasteiger charge is 2.27. The van der Waals surface area contributed by atoms with Crippen molar-refractivity contribution in [3.05, 3.63) is 24.2 Å². The highest BCUT2D eigenvalue weighted by Crippen LogP contribution is 2.28. The molecule has 140 valence electrons. The van der Waals surface area contributed by atoms with Crippen LogP contribution >= 0.6 is 12.2 Å². The summed E-state index contributed by atoms with van der Waals surface area (Å²) in [4.78, 5) is 2.42. The van der Waals surface area contributed by atoms with Gasteiger partial charge in [0.2, 0.25) is 0 Å². The van der Waals surface area contributed by atoms with Crippen molar-refractivity contribution in [1.82, 2.24) is 10.2 Å². The lowest BCUT2D eigenvalue weighted by Crippen LogP contribution is -2.49. The number of furan rings is 1. The minimum atomic E-state index is 0.550. The number of nitrogens with one attached hydrogen (secondary N) is 1. The molecule has 2 aliphatic rings. The number of nitrogens with zero attached hydrogens (tertiary/aromatic N) is 1. The molecule has 0 bridgehead atoms. The zero-order chi connectivity index (χ0) is 17.5. The van der Waals surface area contributed by atoms with E-state index in [2.05, 4.69) is 23.2 Å². The van der Waals surface area contributed by atoms with Gasteiger partial charge in [-0.3, -0.25) is 0 Å². The first-order valence-electron chi connectivity index (χ1n) is 10.3. The van der Waals surface area contributed by atoms with Gasteiger partial charge in [0.15, 0.2) is 5.11 Å². The summed E-state index contributed by atoms with van der Waals surface area (Å²) in [5.74, 6) is 1.87. The molecule has 0 spiro atoms. The summed E-state index contributed by atoms with van der Waals surface area (Å²) in [5, 5.41) is 4.67. The third kappa shape index (κ3) is 5.73. The molecule has 3 nitrogen and oxygen atoms in total. The zero-order valence-electron chi connectivity index (χ0n) is 15.7. The minimum absolute atomic E-state index is 0.550. The van der Waals surface area contributed by atoms with Crippen molar-refractivity contribution in [2.45, 2.75) is 96.2 Å². The Morgan fingerprint density at radius 3 is 2.40 bits per heavy atom. The van der Waals surface area contributed by atoms with Crippen molar-refractivity contribution in [3.8, 4) is 0 Å². The molecule has 3 rings (SSSR count). The van der Waals surface area contributed by atoms with Crippen LogP contribution in [0.4, 0.5) is 0 Å². The molecule has 4 heteroatoms. The Balaban J connectivity index is 1.63. The van der Waals surface area contributed by atoms with Crippen LogP contribution in [0.5, 0.6) is 0 Å². The van der Waals surface area contributed by atoms with Crippen LogP contribution in [0.1, 0.15) is 83.3 Å². The molecule has 1 N–H and O–H groups in total. The molecular formula is C21H34N2OS. The summed E-state index contributed by atoms with van der Waals surface area (Å²) < 4.78 is 5.62. The number of thiocarbonyl (C=S) groups is 1. The van der Waals surface area contributed by atoms with E-state index < -0.39 is 0 Å². The molecule has 0 aliphatic heterocycles. The molecule has 0 amide bonds. The van der Waals surface area contributed by atoms with Gasteiger partial charge in [0, 0.05) is 12.1 Å². The van der Waals surface area contributed by atoms with Crippen LogP contribution in [0.15, 0.2) is 22.8 Å². The molecule has 1 aromatic rings. The van der Waals surface area contributed by atoms with Crippen LogP contribution in [-0.4, -0.2) is 22.1 Å². The van der Waals surface area contributed by atoms with Gasteiger partial charge in [-0.15, -0.1) is 0 Å². The molecule has 0 unspecified atom stereocenters. The van der Waals surface area contributed by atoms with E-state index in [1.54, 1.807) is 6.26 Å². The fourth-order valence-corrected chi connectivity index (χ4v) is 4.73. The maximum Gasteiger partial charge on any atom is 0.169 e. The van der Waals surface area contributed by atoms with Crippen LogP contribution in [-0.2, 0) is 6.54 Å². The maximum atomic E-state index is 5.89. The van der Waals surface area contributed by atoms with Crippen LogP contribution in [0.25, 0.3) is 0 Å². The monoisotopic (exact) mass is 362 g/mol. The largest absolute Gasteiger partial charge is 0.467 e. The van der Waals surface area contributed by atoms with E-state index in [-0.39, 0.29) is 0 Å². The second kappa shape index (κ2) is 9.61. The molecule has 2 saturated carbocycles. The fraction of sp³-hybridized carbons (Fsp3) is 0.762. The van der Waals surface area contributed by atoms with Crippen LogP contribution in [0.2, 0.25) is 0 Å². The van der Waals surface area contributed by atoms with Crippen LogP contribution in [0, 0.1) is 5.92 Å². The van der Waals surface area contributed by atoms with Crippen molar-refractivity contribution < 1.29 is 4.42 Å². The van der Waals surface area contributed by atoms with Gasteiger partial charge >= 0.3 is 0 Å². The molecule has 25 heavy (non-hydrogen) atoms. The van der Waals surface area contributed by atoms with E-state index in [4.69, 9.17) is 16.6 Å². The molecular weight excluding hydrogens is 328 g/mol. The lowest BCUT2D eigenvalue weighted by Gasteiger charge is -2.38. The Morgan fingerprint density at radius 1 is 1.08 bits per heavy atom. The smallest absolute Gasteiger partial charge is 0.169 e. The van der Waals surface area contributed by atoms with Gasteiger partial charge in [0.05, 0.1) is 12.8 Å². The van der Waals surface area contributed by atoms with E-state index in [9.17, 15) is 0 Å². The predicted octanol–water partition coefficient (Wildman–Crippen LogP) is 5.65. The first kappa shape index (κ1) is 18.8. The summed E-state index contributed by atoms with van der Waals surface area (Å²) in [6.07, 6.45) is 16.2. The number of rotatable bonds is 4. The molecule has 2 fully saturated rings. The van der Waals surface area contributed by atoms with Crippen LogP contribution < -0.4 is 5.32 Å². The SMILES string of the molecule is CC1CCC(N(Cc2ccco2)C(=S)NC2CCCCCCC2)CC1. The second-order valence-corrected chi connectivity index (χ2v) is 8.50. The second-order valence-electron chi connectivity index (χ2n) is 8.11. The first-order valence-corrected chi connectivity index (χ1v) is 10.7. The molecule has 0 radical (unpaired) electrons. The van der Waals surface area contributed by atoms with Crippen molar-refractivity contribution in [2.75, 3.05) is 0 Å². The Morgan fingerprint density at radius 2 is 1.76 bits per heavy atom. The minimum Gasteiger partial charge on any atom is -0.467 e. The van der Waals surface area contributed by atoms with E-state index in [1.165, 1.54) is 70.6 Å². The first-order chi connectivity index (χ1) is 12.2. The lowest BCUT2D eigenvalue weighted by molar-refractivity contribution is 0.194. The molecule has 1 aromatic heterocycles. The Kier molecular flexibility index (Phi) is 7.21. The number of hydrogen-bond donors (Lipinski definition) is 1. The Labute approximate surface area is 158 Å². The van der Waals surface area contributed by atoms with Crippen molar-refractivity contribution in [1.29, 1.82) is 0 Å². The Bertz CT molecular complexity index is 500. The molecule has 1 heterocycles. The molecule has 2 aliphatic carbocycles. The average molecular weight is 363 g/mol. The van der Waals surface area contributed by atoms with E-state index >= 15 is 0 Å². The van der Waals surface area contributed by atoms with Gasteiger partial charge in [-0.1, -0.05) is 39.0 Å². The summed E-state index contributed by atoms with van der Waals surface area (Å²) in [7, 11) is 0. The van der Waals surface area contributed by atoms with Gasteiger partial charge in [0.1, 0.15) is 5.76 Å². The van der Waals surface area contributed by atoms with Gasteiger partial charge in [0.25, 0.3) is 0 Å². The van der Waals surface area contributed by atoms with Gasteiger partial charge in [-0.25, -0.2) is 0 Å². The molecule has 0 saturated heterocycles. The average Bonchev–Trinajstić information content (AvgIpc) is 3.09. The van der Waals surface area contributed by atoms with E-state index in [0.717, 1.165) is 23.3 Å². The summed E-state index contributed by atoms with van der Waals surface area (Å²) in [5.41, 5.74) is 0.